The maximum Gasteiger partial charge on any atom is 0.322 e. The largest absolute Gasteiger partial charge is 0.480 e. The number of carboxylic acid groups (broad SMARTS) is 1. The van der Waals surface area contributed by atoms with Gasteiger partial charge in [0.05, 0.1) is 12.6 Å². The molecule has 0 aliphatic rings. The number of hydrogen-bond donors (Lipinski definition) is 4. The van der Waals surface area contributed by atoms with Gasteiger partial charge in [-0.05, 0) is 6.42 Å². The van der Waals surface area contributed by atoms with Gasteiger partial charge in [0.1, 0.15) is 6.54 Å². The molecule has 3 amide bonds. The predicted octanol–water partition coefficient (Wildman–Crippen LogP) is -1.10. The van der Waals surface area contributed by atoms with Crippen molar-refractivity contribution in [3.05, 3.63) is 0 Å². The summed E-state index contributed by atoms with van der Waals surface area (Å²) in [7, 11) is 0. The van der Waals surface area contributed by atoms with Crippen LogP contribution < -0.4 is 16.0 Å². The van der Waals surface area contributed by atoms with Crippen LogP contribution in [0.3, 0.4) is 0 Å². The molecule has 0 heterocycles. The van der Waals surface area contributed by atoms with E-state index >= 15 is 0 Å². The van der Waals surface area contributed by atoms with Gasteiger partial charge in [-0.1, -0.05) is 12.8 Å². The Morgan fingerprint density at radius 2 is 1.94 bits per heavy atom. The third kappa shape index (κ3) is 7.67. The van der Waals surface area contributed by atoms with Gasteiger partial charge in [0.15, 0.2) is 0 Å². The number of amides is 3. The third-order valence-electron chi connectivity index (χ3n) is 1.76. The minimum absolute atomic E-state index is 0.305. The standard InChI is InChI=1S/C10H15N3O4/c1-3-7(4-2)13-10(17)12-5-8(14)11-6-9(15)16/h1,7H,4-6H2,2H3,(H,11,14)(H,15,16)(H2,12,13,17). The van der Waals surface area contributed by atoms with Crippen LogP contribution in [0.15, 0.2) is 0 Å². The maximum atomic E-state index is 11.2. The summed E-state index contributed by atoms with van der Waals surface area (Å²) in [5, 5.41) is 15.1. The highest BCUT2D eigenvalue weighted by Gasteiger charge is 2.09. The number of hydrogen-bond acceptors (Lipinski definition) is 3. The van der Waals surface area contributed by atoms with E-state index in [1.807, 2.05) is 6.92 Å². The predicted molar refractivity (Wildman–Crippen MR) is 60.1 cm³/mol. The van der Waals surface area contributed by atoms with Crippen molar-refractivity contribution < 1.29 is 19.5 Å². The van der Waals surface area contributed by atoms with Gasteiger partial charge in [0.2, 0.25) is 5.91 Å². The Morgan fingerprint density at radius 3 is 2.41 bits per heavy atom. The second-order valence-corrected chi connectivity index (χ2v) is 3.12. The molecule has 0 fully saturated rings. The van der Waals surface area contributed by atoms with Crippen molar-refractivity contribution in [3.8, 4) is 12.3 Å². The smallest absolute Gasteiger partial charge is 0.322 e. The molecule has 0 radical (unpaired) electrons. The second-order valence-electron chi connectivity index (χ2n) is 3.12. The van der Waals surface area contributed by atoms with Crippen molar-refractivity contribution in [1.29, 1.82) is 0 Å². The zero-order valence-corrected chi connectivity index (χ0v) is 9.45. The summed E-state index contributed by atoms with van der Waals surface area (Å²) in [6.07, 6.45) is 5.71. The molecule has 0 spiro atoms. The molecule has 4 N–H and O–H groups in total. The van der Waals surface area contributed by atoms with Gasteiger partial charge in [-0.25, -0.2) is 4.79 Å². The summed E-state index contributed by atoms with van der Waals surface area (Å²) in [6, 6.07) is -0.961. The van der Waals surface area contributed by atoms with Gasteiger partial charge in [-0.2, -0.15) is 0 Å². The first-order valence-electron chi connectivity index (χ1n) is 4.98. The topological polar surface area (TPSA) is 108 Å². The van der Waals surface area contributed by atoms with Crippen LogP contribution in [0.2, 0.25) is 0 Å². The van der Waals surface area contributed by atoms with Gasteiger partial charge in [0, 0.05) is 0 Å². The molecule has 7 heteroatoms. The lowest BCUT2D eigenvalue weighted by atomic mass is 10.2. The molecule has 0 aromatic rings. The molecule has 1 unspecified atom stereocenters. The Balaban J connectivity index is 3.81. The van der Waals surface area contributed by atoms with E-state index in [-0.39, 0.29) is 6.54 Å². The molecule has 1 atom stereocenters. The average Bonchev–Trinajstić information content (AvgIpc) is 2.30. The quantitative estimate of drug-likeness (QED) is 0.443. The molecule has 0 rings (SSSR count). The van der Waals surface area contributed by atoms with E-state index in [1.54, 1.807) is 0 Å². The summed E-state index contributed by atoms with van der Waals surface area (Å²) in [5.41, 5.74) is 0. The normalized spacial score (nSPS) is 10.8. The number of carbonyl (C=O) groups is 3. The second kappa shape index (κ2) is 7.98. The Labute approximate surface area is 99.0 Å². The Hall–Kier alpha value is -2.23. The Morgan fingerprint density at radius 1 is 1.29 bits per heavy atom. The van der Waals surface area contributed by atoms with Crippen molar-refractivity contribution >= 4 is 17.9 Å². The van der Waals surface area contributed by atoms with Gasteiger partial charge in [0.25, 0.3) is 0 Å². The minimum atomic E-state index is -1.15. The summed E-state index contributed by atoms with van der Waals surface area (Å²) in [4.78, 5) is 32.3. The van der Waals surface area contributed by atoms with E-state index in [2.05, 4.69) is 21.9 Å². The molecule has 0 bridgehead atoms. The van der Waals surface area contributed by atoms with Crippen LogP contribution in [0.5, 0.6) is 0 Å². The molecular formula is C10H15N3O4. The number of terminal acetylenes is 1. The fourth-order valence-corrected chi connectivity index (χ4v) is 0.868. The molecule has 0 saturated heterocycles. The number of urea groups is 1. The van der Waals surface area contributed by atoms with Crippen LogP contribution in [-0.4, -0.2) is 42.1 Å². The highest BCUT2D eigenvalue weighted by Crippen LogP contribution is 1.86. The molecule has 0 aliphatic heterocycles. The molecular weight excluding hydrogens is 226 g/mol. The Bertz CT molecular complexity index is 335. The van der Waals surface area contributed by atoms with Crippen LogP contribution >= 0.6 is 0 Å². The van der Waals surface area contributed by atoms with Crippen molar-refractivity contribution in [2.45, 2.75) is 19.4 Å². The Kier molecular flexibility index (Phi) is 6.94. The average molecular weight is 241 g/mol. The third-order valence-corrected chi connectivity index (χ3v) is 1.76. The lowest BCUT2D eigenvalue weighted by Gasteiger charge is -2.11. The van der Waals surface area contributed by atoms with Crippen molar-refractivity contribution in [2.24, 2.45) is 0 Å². The summed E-state index contributed by atoms with van der Waals surface area (Å²) in [6.45, 7) is 1.02. The van der Waals surface area contributed by atoms with Gasteiger partial charge >= 0.3 is 12.0 Å². The summed E-state index contributed by atoms with van der Waals surface area (Å²) >= 11 is 0. The molecule has 0 aromatic heterocycles. The lowest BCUT2D eigenvalue weighted by Crippen LogP contribution is -2.45. The summed E-state index contributed by atoms with van der Waals surface area (Å²) < 4.78 is 0. The maximum absolute atomic E-state index is 11.2. The fraction of sp³-hybridized carbons (Fsp3) is 0.500. The van der Waals surface area contributed by atoms with Gasteiger partial charge in [-0.15, -0.1) is 6.42 Å². The number of nitrogens with one attached hydrogen (secondary N) is 3. The van der Waals surface area contributed by atoms with Crippen molar-refractivity contribution in [3.63, 3.8) is 0 Å². The monoisotopic (exact) mass is 241 g/mol. The van der Waals surface area contributed by atoms with Crippen LogP contribution in [0.25, 0.3) is 0 Å². The fourth-order valence-electron chi connectivity index (χ4n) is 0.868. The van der Waals surface area contributed by atoms with Gasteiger partial charge in [-0.3, -0.25) is 9.59 Å². The molecule has 17 heavy (non-hydrogen) atoms. The minimum Gasteiger partial charge on any atom is -0.480 e. The van der Waals surface area contributed by atoms with Crippen LogP contribution in [-0.2, 0) is 9.59 Å². The van der Waals surface area contributed by atoms with E-state index in [4.69, 9.17) is 11.5 Å². The van der Waals surface area contributed by atoms with E-state index in [0.29, 0.717) is 6.42 Å². The first-order chi connectivity index (χ1) is 7.99. The first kappa shape index (κ1) is 14.8. The van der Waals surface area contributed by atoms with E-state index in [0.717, 1.165) is 0 Å². The number of carbonyl (C=O) groups excluding carboxylic acids is 2. The van der Waals surface area contributed by atoms with Crippen LogP contribution in [0.1, 0.15) is 13.3 Å². The number of carboxylic acids is 1. The number of aliphatic carboxylic acids is 1. The first-order valence-corrected chi connectivity index (χ1v) is 4.98. The lowest BCUT2D eigenvalue weighted by molar-refractivity contribution is -0.137. The molecule has 0 aliphatic carbocycles. The van der Waals surface area contributed by atoms with E-state index < -0.39 is 30.5 Å². The number of rotatable bonds is 6. The van der Waals surface area contributed by atoms with Crippen LogP contribution in [0, 0.1) is 12.3 Å². The molecule has 0 saturated carbocycles. The molecule has 0 aromatic carbocycles. The van der Waals surface area contributed by atoms with Crippen molar-refractivity contribution in [2.75, 3.05) is 13.1 Å². The SMILES string of the molecule is C#CC(CC)NC(=O)NCC(=O)NCC(=O)O. The highest BCUT2D eigenvalue weighted by molar-refractivity contribution is 5.86. The zero-order chi connectivity index (χ0) is 13.3. The van der Waals surface area contributed by atoms with Crippen LogP contribution in [0.4, 0.5) is 4.79 Å². The van der Waals surface area contributed by atoms with Gasteiger partial charge < -0.3 is 21.1 Å². The molecule has 7 nitrogen and oxygen atoms in total. The van der Waals surface area contributed by atoms with Crippen molar-refractivity contribution in [1.82, 2.24) is 16.0 Å². The summed E-state index contributed by atoms with van der Waals surface area (Å²) in [5.74, 6) is 0.622. The molecule has 94 valence electrons. The van der Waals surface area contributed by atoms with E-state index in [1.165, 1.54) is 0 Å². The highest BCUT2D eigenvalue weighted by atomic mass is 16.4. The van der Waals surface area contributed by atoms with E-state index in [9.17, 15) is 14.4 Å². The zero-order valence-electron chi connectivity index (χ0n) is 9.45.